The molecule has 0 radical (unpaired) electrons. The molecular weight excluding hydrogens is 478 g/mol. The van der Waals surface area contributed by atoms with E-state index in [1.54, 1.807) is 25.7 Å². The maximum Gasteiger partial charge on any atom is 0.408 e. The van der Waals surface area contributed by atoms with Gasteiger partial charge in [0.1, 0.15) is 17.7 Å². The smallest absolute Gasteiger partial charge is 0.408 e. The molecule has 0 aliphatic heterocycles. The van der Waals surface area contributed by atoms with Crippen molar-refractivity contribution >= 4 is 17.9 Å². The highest BCUT2D eigenvalue weighted by Gasteiger charge is 2.37. The Morgan fingerprint density at radius 3 is 2.21 bits per heavy atom. The number of unbranched alkanes of at least 4 members (excludes halogenated alkanes) is 4. The number of nitrogens with one attached hydrogen (secondary N) is 2. The summed E-state index contributed by atoms with van der Waals surface area (Å²) in [5.41, 5.74) is 2.12. The normalized spacial score (nSPS) is 13.1. The number of hydrogen-bond donors (Lipinski definition) is 2. The zero-order valence-electron chi connectivity index (χ0n) is 25.4. The van der Waals surface area contributed by atoms with Crippen molar-refractivity contribution in [1.29, 1.82) is 0 Å². The number of alkyl carbamates (subject to hydrolysis) is 1. The van der Waals surface area contributed by atoms with E-state index >= 15 is 0 Å². The van der Waals surface area contributed by atoms with E-state index in [0.717, 1.165) is 55.2 Å². The molecule has 7 heteroatoms. The van der Waals surface area contributed by atoms with Gasteiger partial charge in [0.05, 0.1) is 0 Å². The first-order valence-corrected chi connectivity index (χ1v) is 14.5. The van der Waals surface area contributed by atoms with Crippen molar-refractivity contribution in [3.8, 4) is 0 Å². The van der Waals surface area contributed by atoms with Crippen molar-refractivity contribution in [2.45, 2.75) is 125 Å². The SMILES string of the molecule is CCCCCCN(C(=O)C(CC(C)C)NC(=O)OC(C)(C)C)C(C(=O)NCCCC)c1cc(C)ccc1C. The molecule has 2 unspecified atom stereocenters. The number of aryl methyl sites for hydroxylation is 2. The Morgan fingerprint density at radius 2 is 1.63 bits per heavy atom. The van der Waals surface area contributed by atoms with Crippen LogP contribution < -0.4 is 10.6 Å². The molecule has 0 aliphatic rings. The van der Waals surface area contributed by atoms with Gasteiger partial charge in [-0.25, -0.2) is 4.79 Å². The Kier molecular flexibility index (Phi) is 14.4. The lowest BCUT2D eigenvalue weighted by Crippen LogP contribution is -2.53. The third-order valence-electron chi connectivity index (χ3n) is 6.35. The number of hydrogen-bond acceptors (Lipinski definition) is 4. The summed E-state index contributed by atoms with van der Waals surface area (Å²) < 4.78 is 5.49. The van der Waals surface area contributed by atoms with Gasteiger partial charge in [-0.05, 0) is 70.9 Å². The van der Waals surface area contributed by atoms with Gasteiger partial charge in [-0.3, -0.25) is 9.59 Å². The van der Waals surface area contributed by atoms with Crippen LogP contribution in [0.1, 0.15) is 116 Å². The maximum absolute atomic E-state index is 14.3. The number of carbonyl (C=O) groups excluding carboxylic acids is 3. The standard InChI is InChI=1S/C31H53N3O4/c1-10-12-14-15-19-34(29(36)26(20-22(3)4)33-30(37)38-31(7,8)9)27(28(35)32-18-13-11-2)25-21-23(5)16-17-24(25)6/h16-17,21-22,26-27H,10-15,18-20H2,1-9H3,(H,32,35)(H,33,37). The number of rotatable bonds is 15. The average molecular weight is 532 g/mol. The fraction of sp³-hybridized carbons (Fsp3) is 0.710. The van der Waals surface area contributed by atoms with Crippen LogP contribution in [0.25, 0.3) is 0 Å². The second-order valence-electron chi connectivity index (χ2n) is 11.8. The first-order valence-electron chi connectivity index (χ1n) is 14.5. The number of benzene rings is 1. The van der Waals surface area contributed by atoms with E-state index in [1.807, 2.05) is 45.9 Å². The monoisotopic (exact) mass is 531 g/mol. The molecule has 3 amide bonds. The van der Waals surface area contributed by atoms with E-state index in [0.29, 0.717) is 19.5 Å². The predicted molar refractivity (Wildman–Crippen MR) is 155 cm³/mol. The molecule has 0 aromatic heterocycles. The topological polar surface area (TPSA) is 87.7 Å². The molecule has 0 spiro atoms. The average Bonchev–Trinajstić information content (AvgIpc) is 2.80. The van der Waals surface area contributed by atoms with Gasteiger partial charge < -0.3 is 20.3 Å². The van der Waals surface area contributed by atoms with Crippen LogP contribution in [0.4, 0.5) is 4.79 Å². The minimum absolute atomic E-state index is 0.151. The molecule has 7 nitrogen and oxygen atoms in total. The molecule has 1 aromatic rings. The van der Waals surface area contributed by atoms with E-state index in [1.165, 1.54) is 0 Å². The van der Waals surface area contributed by atoms with E-state index in [-0.39, 0.29) is 17.7 Å². The Balaban J connectivity index is 3.53. The number of amides is 3. The molecule has 2 atom stereocenters. The van der Waals surface area contributed by atoms with Gasteiger partial charge in [-0.15, -0.1) is 0 Å². The van der Waals surface area contributed by atoms with Crippen molar-refractivity contribution in [2.75, 3.05) is 13.1 Å². The lowest BCUT2D eigenvalue weighted by atomic mass is 9.94. The van der Waals surface area contributed by atoms with E-state index in [4.69, 9.17) is 4.74 Å². The van der Waals surface area contributed by atoms with E-state index < -0.39 is 23.8 Å². The van der Waals surface area contributed by atoms with Gasteiger partial charge in [-0.2, -0.15) is 0 Å². The quantitative estimate of drug-likeness (QED) is 0.249. The molecule has 38 heavy (non-hydrogen) atoms. The molecule has 1 rings (SSSR count). The molecule has 216 valence electrons. The van der Waals surface area contributed by atoms with Crippen molar-refractivity contribution in [1.82, 2.24) is 15.5 Å². The summed E-state index contributed by atoms with van der Waals surface area (Å²) in [6.45, 7) is 18.6. The van der Waals surface area contributed by atoms with Crippen LogP contribution in [0.2, 0.25) is 0 Å². The summed E-state index contributed by atoms with van der Waals surface area (Å²) in [7, 11) is 0. The van der Waals surface area contributed by atoms with Gasteiger partial charge in [-0.1, -0.05) is 77.1 Å². The highest BCUT2D eigenvalue weighted by molar-refractivity contribution is 5.92. The van der Waals surface area contributed by atoms with Crippen molar-refractivity contribution in [3.05, 3.63) is 34.9 Å². The summed E-state index contributed by atoms with van der Waals surface area (Å²) in [4.78, 5) is 42.5. The van der Waals surface area contributed by atoms with Crippen molar-refractivity contribution < 1.29 is 19.1 Å². The van der Waals surface area contributed by atoms with Gasteiger partial charge in [0.25, 0.3) is 0 Å². The van der Waals surface area contributed by atoms with Gasteiger partial charge >= 0.3 is 6.09 Å². The first-order chi connectivity index (χ1) is 17.8. The van der Waals surface area contributed by atoms with E-state index in [2.05, 4.69) is 24.5 Å². The molecule has 2 N–H and O–H groups in total. The minimum atomic E-state index is -0.799. The fourth-order valence-electron chi connectivity index (χ4n) is 4.41. The number of ether oxygens (including phenoxy) is 1. The Bertz CT molecular complexity index is 892. The van der Waals surface area contributed by atoms with Gasteiger partial charge in [0.15, 0.2) is 0 Å². The highest BCUT2D eigenvalue weighted by Crippen LogP contribution is 2.28. The van der Waals surface area contributed by atoms with Crippen LogP contribution in [0.15, 0.2) is 18.2 Å². The van der Waals surface area contributed by atoms with Crippen LogP contribution in [0.3, 0.4) is 0 Å². The second kappa shape index (κ2) is 16.4. The van der Waals surface area contributed by atoms with Crippen LogP contribution in [-0.4, -0.2) is 47.5 Å². The number of carbonyl (C=O) groups is 3. The first kappa shape index (κ1) is 33.5. The van der Waals surface area contributed by atoms with Crippen LogP contribution in [0, 0.1) is 19.8 Å². The predicted octanol–water partition coefficient (Wildman–Crippen LogP) is 6.61. The molecule has 0 bridgehead atoms. The molecular formula is C31H53N3O4. The summed E-state index contributed by atoms with van der Waals surface area (Å²) in [6, 6.07) is 4.44. The zero-order valence-corrected chi connectivity index (χ0v) is 25.4. The molecule has 0 aliphatic carbocycles. The lowest BCUT2D eigenvalue weighted by molar-refractivity contribution is -0.143. The van der Waals surface area contributed by atoms with Crippen LogP contribution >= 0.6 is 0 Å². The third-order valence-corrected chi connectivity index (χ3v) is 6.35. The molecule has 0 saturated carbocycles. The van der Waals surface area contributed by atoms with Crippen molar-refractivity contribution in [3.63, 3.8) is 0 Å². The van der Waals surface area contributed by atoms with E-state index in [9.17, 15) is 14.4 Å². The Labute approximate surface area is 231 Å². The van der Waals surface area contributed by atoms with Crippen molar-refractivity contribution in [2.24, 2.45) is 5.92 Å². The van der Waals surface area contributed by atoms with Gasteiger partial charge in [0, 0.05) is 13.1 Å². The number of nitrogens with zero attached hydrogens (tertiary/aromatic N) is 1. The highest BCUT2D eigenvalue weighted by atomic mass is 16.6. The summed E-state index contributed by atoms with van der Waals surface area (Å²) in [5, 5.41) is 5.90. The van der Waals surface area contributed by atoms with Crippen LogP contribution in [-0.2, 0) is 14.3 Å². The Hall–Kier alpha value is -2.57. The molecule has 0 fully saturated rings. The minimum Gasteiger partial charge on any atom is -0.444 e. The molecule has 0 heterocycles. The second-order valence-corrected chi connectivity index (χ2v) is 11.8. The molecule has 0 saturated heterocycles. The lowest BCUT2D eigenvalue weighted by Gasteiger charge is -2.35. The Morgan fingerprint density at radius 1 is 0.974 bits per heavy atom. The largest absolute Gasteiger partial charge is 0.444 e. The summed E-state index contributed by atoms with van der Waals surface area (Å²) in [6.07, 6.45) is 5.52. The fourth-order valence-corrected chi connectivity index (χ4v) is 4.41. The third kappa shape index (κ3) is 11.9. The maximum atomic E-state index is 14.3. The summed E-state index contributed by atoms with van der Waals surface area (Å²) >= 11 is 0. The summed E-state index contributed by atoms with van der Waals surface area (Å²) in [5.74, 6) is -0.285. The van der Waals surface area contributed by atoms with Crippen LogP contribution in [0.5, 0.6) is 0 Å². The zero-order chi connectivity index (χ0) is 28.9. The molecule has 1 aromatic carbocycles. The van der Waals surface area contributed by atoms with Gasteiger partial charge in [0.2, 0.25) is 11.8 Å².